The summed E-state index contributed by atoms with van der Waals surface area (Å²) in [4.78, 5) is 27.9. The van der Waals surface area contributed by atoms with E-state index < -0.39 is 10.8 Å². The van der Waals surface area contributed by atoms with E-state index in [9.17, 15) is 14.9 Å². The van der Waals surface area contributed by atoms with Crippen molar-refractivity contribution in [2.24, 2.45) is 4.99 Å². The second kappa shape index (κ2) is 6.98. The minimum absolute atomic E-state index is 0.00388. The highest BCUT2D eigenvalue weighted by atomic mass is 32.1. The van der Waals surface area contributed by atoms with Crippen molar-refractivity contribution < 1.29 is 9.72 Å². The number of rotatable bonds is 4. The van der Waals surface area contributed by atoms with Crippen LogP contribution in [0.3, 0.4) is 0 Å². The Morgan fingerprint density at radius 2 is 2.04 bits per heavy atom. The zero-order valence-corrected chi connectivity index (χ0v) is 14.7. The number of benzene rings is 2. The zero-order valence-electron chi connectivity index (χ0n) is 13.9. The van der Waals surface area contributed by atoms with E-state index in [4.69, 9.17) is 0 Å². The third-order valence-corrected chi connectivity index (χ3v) is 4.85. The maximum Gasteiger partial charge on any atom is 0.286 e. The van der Waals surface area contributed by atoms with E-state index in [0.717, 1.165) is 28.7 Å². The van der Waals surface area contributed by atoms with E-state index in [1.807, 2.05) is 23.6 Å². The molecule has 0 N–H and O–H groups in total. The highest BCUT2D eigenvalue weighted by molar-refractivity contribution is 7.16. The van der Waals surface area contributed by atoms with Gasteiger partial charge in [0.15, 0.2) is 4.80 Å². The molecule has 0 atom stereocenters. The quantitative estimate of drug-likeness (QED) is 0.523. The Bertz CT molecular complexity index is 1030. The van der Waals surface area contributed by atoms with Gasteiger partial charge in [-0.25, -0.2) is 0 Å². The molecular weight excluding hydrogens is 338 g/mol. The summed E-state index contributed by atoms with van der Waals surface area (Å²) in [5.74, 6) is -0.597. The summed E-state index contributed by atoms with van der Waals surface area (Å²) in [6.45, 7) is 4.79. The van der Waals surface area contributed by atoms with Crippen molar-refractivity contribution in [1.82, 2.24) is 4.57 Å². The summed E-state index contributed by atoms with van der Waals surface area (Å²) in [6, 6.07) is 12.0. The number of fused-ring (bicyclic) bond motifs is 1. The molecule has 0 aliphatic carbocycles. The van der Waals surface area contributed by atoms with Crippen LogP contribution < -0.4 is 4.80 Å². The van der Waals surface area contributed by atoms with Gasteiger partial charge in [-0.1, -0.05) is 36.5 Å². The van der Waals surface area contributed by atoms with Gasteiger partial charge in [-0.2, -0.15) is 4.99 Å². The molecule has 0 saturated carbocycles. The summed E-state index contributed by atoms with van der Waals surface area (Å²) in [5.41, 5.74) is 1.93. The normalized spacial score (nSPS) is 11.8. The van der Waals surface area contributed by atoms with Crippen molar-refractivity contribution in [2.45, 2.75) is 26.8 Å². The lowest BCUT2D eigenvalue weighted by atomic mass is 10.2. The molecule has 128 valence electrons. The fourth-order valence-corrected chi connectivity index (χ4v) is 3.82. The Labute approximate surface area is 148 Å². The maximum absolute atomic E-state index is 12.6. The number of amides is 1. The van der Waals surface area contributed by atoms with E-state index in [1.54, 1.807) is 6.07 Å². The van der Waals surface area contributed by atoms with E-state index >= 15 is 0 Å². The molecule has 0 unspecified atom stereocenters. The van der Waals surface area contributed by atoms with Crippen LogP contribution in [0.2, 0.25) is 0 Å². The lowest BCUT2D eigenvalue weighted by Crippen LogP contribution is -2.17. The highest BCUT2D eigenvalue weighted by Crippen LogP contribution is 2.21. The Kier molecular flexibility index (Phi) is 4.76. The monoisotopic (exact) mass is 355 g/mol. The van der Waals surface area contributed by atoms with Crippen LogP contribution in [0, 0.1) is 17.0 Å². The molecule has 7 heteroatoms. The zero-order chi connectivity index (χ0) is 18.0. The van der Waals surface area contributed by atoms with Gasteiger partial charge in [-0.15, -0.1) is 0 Å². The number of nitrogens with zero attached hydrogens (tertiary/aromatic N) is 3. The Morgan fingerprint density at radius 1 is 1.28 bits per heavy atom. The van der Waals surface area contributed by atoms with Crippen LogP contribution in [-0.4, -0.2) is 15.4 Å². The van der Waals surface area contributed by atoms with Gasteiger partial charge in [0.05, 0.1) is 15.1 Å². The molecule has 6 nitrogen and oxygen atoms in total. The molecule has 1 amide bonds. The Morgan fingerprint density at radius 3 is 2.76 bits per heavy atom. The summed E-state index contributed by atoms with van der Waals surface area (Å²) in [7, 11) is 0. The molecule has 1 aromatic heterocycles. The smallest absolute Gasteiger partial charge is 0.286 e. The number of carbonyl (C=O) groups is 1. The van der Waals surface area contributed by atoms with Crippen molar-refractivity contribution in [3.63, 3.8) is 0 Å². The molecule has 0 spiro atoms. The predicted molar refractivity (Wildman–Crippen MR) is 97.8 cm³/mol. The number of hydrogen-bond donors (Lipinski definition) is 0. The fourth-order valence-electron chi connectivity index (χ4n) is 2.67. The van der Waals surface area contributed by atoms with Crippen LogP contribution in [0.5, 0.6) is 0 Å². The molecule has 3 rings (SSSR count). The molecule has 3 aromatic rings. The van der Waals surface area contributed by atoms with Crippen molar-refractivity contribution in [2.75, 3.05) is 0 Å². The summed E-state index contributed by atoms with van der Waals surface area (Å²) in [6.07, 6.45) is 0.895. The SMILES string of the molecule is CCCn1c(=NC(=O)c2ccccc2[N+](=O)[O-])sc2cc(C)ccc21. The number of aromatic nitrogens is 1. The number of nitro groups is 1. The molecule has 0 radical (unpaired) electrons. The van der Waals surface area contributed by atoms with Gasteiger partial charge in [-0.05, 0) is 37.1 Å². The lowest BCUT2D eigenvalue weighted by molar-refractivity contribution is -0.385. The number of para-hydroxylation sites is 1. The van der Waals surface area contributed by atoms with Gasteiger partial charge >= 0.3 is 0 Å². The van der Waals surface area contributed by atoms with Crippen LogP contribution in [0.1, 0.15) is 29.3 Å². The molecule has 0 bridgehead atoms. The summed E-state index contributed by atoms with van der Waals surface area (Å²) >= 11 is 1.42. The third-order valence-electron chi connectivity index (χ3n) is 3.81. The van der Waals surface area contributed by atoms with Gasteiger partial charge in [-0.3, -0.25) is 14.9 Å². The molecule has 0 fully saturated rings. The van der Waals surface area contributed by atoms with Gasteiger partial charge < -0.3 is 4.57 Å². The first-order valence-corrected chi connectivity index (χ1v) is 8.75. The molecular formula is C18H17N3O3S. The fraction of sp³-hybridized carbons (Fsp3) is 0.222. The number of thiazole rings is 1. The van der Waals surface area contributed by atoms with Gasteiger partial charge in [0.2, 0.25) is 0 Å². The second-order valence-corrected chi connectivity index (χ2v) is 6.71. The molecule has 0 aliphatic heterocycles. The van der Waals surface area contributed by atoms with Crippen LogP contribution in [0.4, 0.5) is 5.69 Å². The maximum atomic E-state index is 12.6. The van der Waals surface area contributed by atoms with Crippen molar-refractivity contribution in [3.8, 4) is 0 Å². The minimum atomic E-state index is -0.597. The van der Waals surface area contributed by atoms with Crippen LogP contribution >= 0.6 is 11.3 Å². The molecule has 25 heavy (non-hydrogen) atoms. The van der Waals surface area contributed by atoms with Gasteiger partial charge in [0, 0.05) is 12.6 Å². The minimum Gasteiger partial charge on any atom is -0.316 e. The Balaban J connectivity index is 2.17. The summed E-state index contributed by atoms with van der Waals surface area (Å²) in [5, 5.41) is 11.1. The molecule has 0 aliphatic rings. The Hall–Kier alpha value is -2.80. The van der Waals surface area contributed by atoms with Crippen molar-refractivity contribution >= 4 is 33.1 Å². The number of aryl methyl sites for hydroxylation is 2. The number of nitro benzene ring substituents is 1. The average molecular weight is 355 g/mol. The highest BCUT2D eigenvalue weighted by Gasteiger charge is 2.19. The first-order valence-electron chi connectivity index (χ1n) is 7.93. The topological polar surface area (TPSA) is 77.5 Å². The van der Waals surface area contributed by atoms with E-state index in [2.05, 4.69) is 18.0 Å². The largest absolute Gasteiger partial charge is 0.316 e. The number of hydrogen-bond acceptors (Lipinski definition) is 4. The van der Waals surface area contributed by atoms with Gasteiger partial charge in [0.1, 0.15) is 5.56 Å². The average Bonchev–Trinajstić information content (AvgIpc) is 2.91. The standard InChI is InChI=1S/C18H17N3O3S/c1-3-10-20-15-9-8-12(2)11-16(15)25-18(20)19-17(22)13-6-4-5-7-14(13)21(23)24/h4-9,11H,3,10H2,1-2H3. The molecule has 2 aromatic carbocycles. The van der Waals surface area contributed by atoms with Gasteiger partial charge in [0.25, 0.3) is 11.6 Å². The van der Waals surface area contributed by atoms with Crippen molar-refractivity contribution in [3.05, 3.63) is 68.5 Å². The van der Waals surface area contributed by atoms with Crippen molar-refractivity contribution in [1.29, 1.82) is 0 Å². The van der Waals surface area contributed by atoms with E-state index in [-0.39, 0.29) is 11.3 Å². The second-order valence-electron chi connectivity index (χ2n) is 5.70. The van der Waals surface area contributed by atoms with E-state index in [1.165, 1.54) is 29.5 Å². The molecule has 1 heterocycles. The van der Waals surface area contributed by atoms with Crippen LogP contribution in [-0.2, 0) is 6.54 Å². The first kappa shape index (κ1) is 17.0. The number of carbonyl (C=O) groups excluding carboxylic acids is 1. The van der Waals surface area contributed by atoms with Crippen LogP contribution in [0.25, 0.3) is 10.2 Å². The molecule has 0 saturated heterocycles. The van der Waals surface area contributed by atoms with E-state index in [0.29, 0.717) is 4.80 Å². The third kappa shape index (κ3) is 3.36. The van der Waals surface area contributed by atoms with Crippen LogP contribution in [0.15, 0.2) is 47.5 Å². The lowest BCUT2D eigenvalue weighted by Gasteiger charge is -2.03. The first-order chi connectivity index (χ1) is 12.0. The predicted octanol–water partition coefficient (Wildman–Crippen LogP) is 4.07. The summed E-state index contributed by atoms with van der Waals surface area (Å²) < 4.78 is 3.04.